The van der Waals surface area contributed by atoms with Gasteiger partial charge in [0.05, 0.1) is 3.79 Å². The number of hydrogen-bond acceptors (Lipinski definition) is 5. The van der Waals surface area contributed by atoms with Crippen LogP contribution in [0.2, 0.25) is 0 Å². The van der Waals surface area contributed by atoms with E-state index in [1.165, 1.54) is 8.66 Å². The van der Waals surface area contributed by atoms with Gasteiger partial charge in [0.1, 0.15) is 17.5 Å². The van der Waals surface area contributed by atoms with Crippen molar-refractivity contribution < 1.29 is 0 Å². The lowest BCUT2D eigenvalue weighted by Crippen LogP contribution is -2.12. The molecule has 0 spiro atoms. The summed E-state index contributed by atoms with van der Waals surface area (Å²) in [5.74, 6) is 3.00. The predicted molar refractivity (Wildman–Crippen MR) is 94.6 cm³/mol. The maximum absolute atomic E-state index is 4.65. The fourth-order valence-electron chi connectivity index (χ4n) is 2.00. The highest BCUT2D eigenvalue weighted by molar-refractivity contribution is 9.11. The van der Waals surface area contributed by atoms with Crippen molar-refractivity contribution in [2.75, 3.05) is 24.2 Å². The average molecular weight is 369 g/mol. The number of nitrogens with zero attached hydrogens (tertiary/aromatic N) is 2. The van der Waals surface area contributed by atoms with Crippen molar-refractivity contribution in [3.05, 3.63) is 32.2 Å². The SMILES string of the molecule is CNc1nc(C(C)C)nc(NCCc2ccc(Br)s2)c1C. The van der Waals surface area contributed by atoms with Crippen LogP contribution in [0, 0.1) is 6.92 Å². The second kappa shape index (κ2) is 7.22. The zero-order valence-corrected chi connectivity index (χ0v) is 15.2. The molecular weight excluding hydrogens is 348 g/mol. The molecule has 0 aromatic carbocycles. The Morgan fingerprint density at radius 1 is 1.24 bits per heavy atom. The van der Waals surface area contributed by atoms with Gasteiger partial charge in [-0.05, 0) is 41.4 Å². The molecule has 0 unspecified atom stereocenters. The van der Waals surface area contributed by atoms with Gasteiger partial charge in [-0.2, -0.15) is 0 Å². The molecule has 2 aromatic rings. The molecule has 2 aromatic heterocycles. The molecule has 2 N–H and O–H groups in total. The maximum atomic E-state index is 4.65. The topological polar surface area (TPSA) is 49.8 Å². The minimum absolute atomic E-state index is 0.312. The fourth-order valence-corrected chi connectivity index (χ4v) is 3.48. The Balaban J connectivity index is 2.09. The van der Waals surface area contributed by atoms with Crippen molar-refractivity contribution in [2.24, 2.45) is 0 Å². The molecule has 21 heavy (non-hydrogen) atoms. The van der Waals surface area contributed by atoms with Crippen molar-refractivity contribution in [1.82, 2.24) is 9.97 Å². The van der Waals surface area contributed by atoms with Crippen LogP contribution in [-0.4, -0.2) is 23.6 Å². The van der Waals surface area contributed by atoms with Crippen LogP contribution in [-0.2, 0) is 6.42 Å². The minimum atomic E-state index is 0.312. The van der Waals surface area contributed by atoms with Gasteiger partial charge in [0.2, 0.25) is 0 Å². The smallest absolute Gasteiger partial charge is 0.135 e. The van der Waals surface area contributed by atoms with Gasteiger partial charge in [-0.25, -0.2) is 9.97 Å². The molecule has 0 amide bonds. The second-order valence-electron chi connectivity index (χ2n) is 5.19. The molecule has 4 nitrogen and oxygen atoms in total. The van der Waals surface area contributed by atoms with Crippen LogP contribution in [0.4, 0.5) is 11.6 Å². The summed E-state index contributed by atoms with van der Waals surface area (Å²) in [7, 11) is 1.90. The van der Waals surface area contributed by atoms with Gasteiger partial charge < -0.3 is 10.6 Å². The first kappa shape index (κ1) is 16.2. The van der Waals surface area contributed by atoms with E-state index >= 15 is 0 Å². The summed E-state index contributed by atoms with van der Waals surface area (Å²) in [5, 5.41) is 6.59. The van der Waals surface area contributed by atoms with Gasteiger partial charge in [-0.3, -0.25) is 0 Å². The standard InChI is InChI=1S/C15H21BrN4S/c1-9(2)13-19-14(17-4)10(3)15(20-13)18-8-7-11-5-6-12(16)21-11/h5-6,9H,7-8H2,1-4H3,(H2,17,18,19,20). The van der Waals surface area contributed by atoms with Gasteiger partial charge in [-0.1, -0.05) is 13.8 Å². The fraction of sp³-hybridized carbons (Fsp3) is 0.467. The predicted octanol–water partition coefficient (Wildman–Crippen LogP) is 4.43. The summed E-state index contributed by atoms with van der Waals surface area (Å²) < 4.78 is 1.18. The number of nitrogens with one attached hydrogen (secondary N) is 2. The Kier molecular flexibility index (Phi) is 5.58. The highest BCUT2D eigenvalue weighted by Gasteiger charge is 2.12. The molecule has 0 atom stereocenters. The molecule has 0 saturated carbocycles. The summed E-state index contributed by atoms with van der Waals surface area (Å²) in [6.45, 7) is 7.12. The van der Waals surface area contributed by atoms with E-state index in [2.05, 4.69) is 62.5 Å². The van der Waals surface area contributed by atoms with Gasteiger partial charge in [-0.15, -0.1) is 11.3 Å². The molecule has 2 rings (SSSR count). The Morgan fingerprint density at radius 3 is 2.52 bits per heavy atom. The monoisotopic (exact) mass is 368 g/mol. The molecule has 0 aliphatic rings. The minimum Gasteiger partial charge on any atom is -0.373 e. The van der Waals surface area contributed by atoms with Crippen LogP contribution in [0.1, 0.15) is 36.0 Å². The van der Waals surface area contributed by atoms with Crippen molar-refractivity contribution in [3.63, 3.8) is 0 Å². The van der Waals surface area contributed by atoms with Gasteiger partial charge >= 0.3 is 0 Å². The number of hydrogen-bond donors (Lipinski definition) is 2. The summed E-state index contributed by atoms with van der Waals surface area (Å²) in [6, 6.07) is 4.24. The van der Waals surface area contributed by atoms with Gasteiger partial charge in [0, 0.05) is 30.0 Å². The van der Waals surface area contributed by atoms with Crippen LogP contribution in [0.25, 0.3) is 0 Å². The lowest BCUT2D eigenvalue weighted by molar-refractivity contribution is 0.773. The first-order chi connectivity index (χ1) is 10.0. The van der Waals surface area contributed by atoms with E-state index in [4.69, 9.17) is 0 Å². The highest BCUT2D eigenvalue weighted by atomic mass is 79.9. The van der Waals surface area contributed by atoms with Crippen LogP contribution >= 0.6 is 27.3 Å². The number of rotatable bonds is 6. The van der Waals surface area contributed by atoms with E-state index in [0.717, 1.165) is 36.0 Å². The van der Waals surface area contributed by atoms with Crippen LogP contribution in [0.5, 0.6) is 0 Å². The number of thiophene rings is 1. The zero-order valence-electron chi connectivity index (χ0n) is 12.8. The van der Waals surface area contributed by atoms with E-state index in [-0.39, 0.29) is 0 Å². The molecule has 0 fully saturated rings. The van der Waals surface area contributed by atoms with Gasteiger partial charge in [0.25, 0.3) is 0 Å². The molecule has 0 aliphatic heterocycles. The van der Waals surface area contributed by atoms with Crippen LogP contribution in [0.3, 0.4) is 0 Å². The summed E-state index contributed by atoms with van der Waals surface area (Å²) in [6.07, 6.45) is 0.992. The Bertz CT molecular complexity index is 610. The number of aromatic nitrogens is 2. The third kappa shape index (κ3) is 4.17. The van der Waals surface area contributed by atoms with Crippen molar-refractivity contribution in [1.29, 1.82) is 0 Å². The van der Waals surface area contributed by atoms with Crippen molar-refractivity contribution in [3.8, 4) is 0 Å². The Labute approximate surface area is 138 Å². The van der Waals surface area contributed by atoms with Gasteiger partial charge in [0.15, 0.2) is 0 Å². The molecule has 114 valence electrons. The first-order valence-corrected chi connectivity index (χ1v) is 8.66. The lowest BCUT2D eigenvalue weighted by atomic mass is 10.2. The molecule has 6 heteroatoms. The zero-order chi connectivity index (χ0) is 15.4. The second-order valence-corrected chi connectivity index (χ2v) is 7.74. The van der Waals surface area contributed by atoms with E-state index in [9.17, 15) is 0 Å². The average Bonchev–Trinajstić information content (AvgIpc) is 2.86. The molecule has 0 bridgehead atoms. The molecule has 0 aliphatic carbocycles. The van der Waals surface area contributed by atoms with E-state index < -0.39 is 0 Å². The Hall–Kier alpha value is -1.14. The summed E-state index contributed by atoms with van der Waals surface area (Å²) >= 11 is 5.27. The number of halogens is 1. The third-order valence-electron chi connectivity index (χ3n) is 3.21. The maximum Gasteiger partial charge on any atom is 0.135 e. The molecule has 2 heterocycles. The summed E-state index contributed by atoms with van der Waals surface area (Å²) in [4.78, 5) is 10.6. The Morgan fingerprint density at radius 2 is 1.95 bits per heavy atom. The highest BCUT2D eigenvalue weighted by Crippen LogP contribution is 2.24. The molecule has 0 radical (unpaired) electrons. The lowest BCUT2D eigenvalue weighted by Gasteiger charge is -2.15. The first-order valence-electron chi connectivity index (χ1n) is 7.05. The van der Waals surface area contributed by atoms with E-state index in [0.29, 0.717) is 5.92 Å². The van der Waals surface area contributed by atoms with Crippen LogP contribution < -0.4 is 10.6 Å². The normalized spacial score (nSPS) is 11.0. The largest absolute Gasteiger partial charge is 0.373 e. The van der Waals surface area contributed by atoms with Crippen molar-refractivity contribution in [2.45, 2.75) is 33.1 Å². The van der Waals surface area contributed by atoms with Crippen molar-refractivity contribution >= 4 is 38.9 Å². The third-order valence-corrected chi connectivity index (χ3v) is 4.89. The molecular formula is C15H21BrN4S. The molecule has 0 saturated heterocycles. The van der Waals surface area contributed by atoms with E-state index in [1.54, 1.807) is 11.3 Å². The quantitative estimate of drug-likeness (QED) is 0.791. The van der Waals surface area contributed by atoms with E-state index in [1.807, 2.05) is 14.0 Å². The number of anilines is 2. The summed E-state index contributed by atoms with van der Waals surface area (Å²) in [5.41, 5.74) is 1.06. The van der Waals surface area contributed by atoms with Crippen LogP contribution in [0.15, 0.2) is 15.9 Å².